The van der Waals surface area contributed by atoms with E-state index < -0.39 is 17.8 Å². The van der Waals surface area contributed by atoms with Crippen LogP contribution in [-0.4, -0.2) is 17.9 Å². The van der Waals surface area contributed by atoms with Crippen molar-refractivity contribution in [3.8, 4) is 0 Å². The molecule has 1 rings (SSSR count). The van der Waals surface area contributed by atoms with Crippen LogP contribution in [0.2, 0.25) is 0 Å². The zero-order valence-corrected chi connectivity index (χ0v) is 9.22. The highest BCUT2D eigenvalue weighted by Gasteiger charge is 2.32. The largest absolute Gasteiger partial charge is 0.433 e. The standard InChI is InChI=1S/C8H7F3N2O.C2H6/c1-12-7(14)5-2-3-13-6(4-5)8(9,10)11;1-2/h2-4H,1H3,(H,12,14);1-2H3. The molecule has 1 aromatic heterocycles. The number of nitrogens with one attached hydrogen (secondary N) is 1. The molecule has 0 spiro atoms. The molecule has 90 valence electrons. The second-order valence-electron chi connectivity index (χ2n) is 2.51. The van der Waals surface area contributed by atoms with Crippen molar-refractivity contribution in [2.75, 3.05) is 7.05 Å². The summed E-state index contributed by atoms with van der Waals surface area (Å²) in [5, 5.41) is 2.23. The van der Waals surface area contributed by atoms with Crippen LogP contribution in [0.4, 0.5) is 13.2 Å². The van der Waals surface area contributed by atoms with Crippen molar-refractivity contribution in [3.63, 3.8) is 0 Å². The number of amides is 1. The molecule has 1 heterocycles. The van der Waals surface area contributed by atoms with E-state index in [-0.39, 0.29) is 5.56 Å². The first-order valence-electron chi connectivity index (χ1n) is 4.70. The third-order valence-corrected chi connectivity index (χ3v) is 1.54. The van der Waals surface area contributed by atoms with Crippen LogP contribution in [-0.2, 0) is 6.18 Å². The molecule has 0 aliphatic carbocycles. The molecule has 0 aromatic carbocycles. The molecule has 1 amide bonds. The summed E-state index contributed by atoms with van der Waals surface area (Å²) in [4.78, 5) is 14.1. The second-order valence-corrected chi connectivity index (χ2v) is 2.51. The SMILES string of the molecule is CC.CNC(=O)c1ccnc(C(F)(F)F)c1. The first-order valence-corrected chi connectivity index (χ1v) is 4.70. The summed E-state index contributed by atoms with van der Waals surface area (Å²) >= 11 is 0. The first kappa shape index (κ1) is 14.4. The van der Waals surface area contributed by atoms with Gasteiger partial charge in [-0.05, 0) is 12.1 Å². The highest BCUT2D eigenvalue weighted by Crippen LogP contribution is 2.27. The predicted molar refractivity (Wildman–Crippen MR) is 54.0 cm³/mol. The molecule has 1 N–H and O–H groups in total. The lowest BCUT2D eigenvalue weighted by molar-refractivity contribution is -0.141. The molecule has 0 aliphatic heterocycles. The number of alkyl halides is 3. The van der Waals surface area contributed by atoms with Gasteiger partial charge in [0, 0.05) is 18.8 Å². The topological polar surface area (TPSA) is 42.0 Å². The van der Waals surface area contributed by atoms with Gasteiger partial charge in [0.05, 0.1) is 0 Å². The predicted octanol–water partition coefficient (Wildman–Crippen LogP) is 2.49. The summed E-state index contributed by atoms with van der Waals surface area (Å²) in [7, 11) is 1.34. The smallest absolute Gasteiger partial charge is 0.355 e. The maximum absolute atomic E-state index is 12.1. The van der Waals surface area contributed by atoms with E-state index in [0.29, 0.717) is 6.07 Å². The fraction of sp³-hybridized carbons (Fsp3) is 0.400. The minimum atomic E-state index is -4.52. The van der Waals surface area contributed by atoms with E-state index in [9.17, 15) is 18.0 Å². The summed E-state index contributed by atoms with van der Waals surface area (Å²) in [5.41, 5.74) is -1.13. The molecule has 0 fully saturated rings. The molecule has 1 aromatic rings. The molecule has 0 radical (unpaired) electrons. The minimum Gasteiger partial charge on any atom is -0.355 e. The molecule has 0 unspecified atom stereocenters. The Balaban J connectivity index is 0.00000106. The highest BCUT2D eigenvalue weighted by molar-refractivity contribution is 5.93. The fourth-order valence-electron chi connectivity index (χ4n) is 0.871. The maximum Gasteiger partial charge on any atom is 0.433 e. The monoisotopic (exact) mass is 234 g/mol. The lowest BCUT2D eigenvalue weighted by atomic mass is 10.2. The number of pyridine rings is 1. The van der Waals surface area contributed by atoms with Crippen LogP contribution < -0.4 is 5.32 Å². The number of hydrogen-bond acceptors (Lipinski definition) is 2. The van der Waals surface area contributed by atoms with Gasteiger partial charge in [-0.1, -0.05) is 13.8 Å². The number of carbonyl (C=O) groups excluding carboxylic acids is 1. The molecule has 16 heavy (non-hydrogen) atoms. The zero-order valence-electron chi connectivity index (χ0n) is 9.22. The van der Waals surface area contributed by atoms with Crippen LogP contribution in [0.1, 0.15) is 29.9 Å². The van der Waals surface area contributed by atoms with Crippen molar-refractivity contribution in [2.24, 2.45) is 0 Å². The van der Waals surface area contributed by atoms with Gasteiger partial charge in [0.15, 0.2) is 0 Å². The van der Waals surface area contributed by atoms with Crippen molar-refractivity contribution in [2.45, 2.75) is 20.0 Å². The maximum atomic E-state index is 12.1. The van der Waals surface area contributed by atoms with Gasteiger partial charge in [0.25, 0.3) is 5.91 Å². The summed E-state index contributed by atoms with van der Waals surface area (Å²) in [6.07, 6.45) is -3.57. The lowest BCUT2D eigenvalue weighted by Crippen LogP contribution is -2.19. The number of aromatic nitrogens is 1. The number of nitrogens with zero attached hydrogens (tertiary/aromatic N) is 1. The van der Waals surface area contributed by atoms with E-state index in [4.69, 9.17) is 0 Å². The molecular formula is C10H13F3N2O. The van der Waals surface area contributed by atoms with E-state index in [1.54, 1.807) is 0 Å². The Bertz CT molecular complexity index is 350. The summed E-state index contributed by atoms with van der Waals surface area (Å²) < 4.78 is 36.4. The highest BCUT2D eigenvalue weighted by atomic mass is 19.4. The summed E-state index contributed by atoms with van der Waals surface area (Å²) in [6.45, 7) is 4.00. The van der Waals surface area contributed by atoms with Crippen LogP contribution >= 0.6 is 0 Å². The van der Waals surface area contributed by atoms with Gasteiger partial charge >= 0.3 is 6.18 Å². The third-order valence-electron chi connectivity index (χ3n) is 1.54. The number of rotatable bonds is 1. The Morgan fingerprint density at radius 2 is 1.94 bits per heavy atom. The Kier molecular flexibility index (Phi) is 5.49. The van der Waals surface area contributed by atoms with Gasteiger partial charge < -0.3 is 5.32 Å². The van der Waals surface area contributed by atoms with Crippen molar-refractivity contribution in [1.82, 2.24) is 10.3 Å². The van der Waals surface area contributed by atoms with E-state index in [1.165, 1.54) is 13.1 Å². The molecule has 3 nitrogen and oxygen atoms in total. The number of halogens is 3. The molecule has 0 saturated heterocycles. The van der Waals surface area contributed by atoms with Crippen LogP contribution in [0.5, 0.6) is 0 Å². The van der Waals surface area contributed by atoms with Crippen molar-refractivity contribution < 1.29 is 18.0 Å². The average molecular weight is 234 g/mol. The average Bonchev–Trinajstić information content (AvgIpc) is 2.30. The van der Waals surface area contributed by atoms with Gasteiger partial charge in [-0.15, -0.1) is 0 Å². The van der Waals surface area contributed by atoms with Crippen LogP contribution in [0.25, 0.3) is 0 Å². The molecule has 6 heteroatoms. The second kappa shape index (κ2) is 6.09. The van der Waals surface area contributed by atoms with Crippen molar-refractivity contribution in [1.29, 1.82) is 0 Å². The summed E-state index contributed by atoms with van der Waals surface area (Å²) in [5.74, 6) is -0.571. The van der Waals surface area contributed by atoms with Gasteiger partial charge in [0.1, 0.15) is 5.69 Å². The third kappa shape index (κ3) is 3.88. The van der Waals surface area contributed by atoms with Crippen molar-refractivity contribution in [3.05, 3.63) is 29.6 Å². The Labute approximate surface area is 91.7 Å². The van der Waals surface area contributed by atoms with E-state index >= 15 is 0 Å². The normalized spacial score (nSPS) is 10.1. The number of hydrogen-bond donors (Lipinski definition) is 1. The summed E-state index contributed by atoms with van der Waals surface area (Å²) in [6, 6.07) is 1.92. The van der Waals surface area contributed by atoms with Crippen LogP contribution in [0, 0.1) is 0 Å². The zero-order chi connectivity index (χ0) is 12.8. The Hall–Kier alpha value is -1.59. The molecule has 0 bridgehead atoms. The van der Waals surface area contributed by atoms with E-state index in [0.717, 1.165) is 6.20 Å². The Morgan fingerprint density at radius 1 is 1.38 bits per heavy atom. The van der Waals surface area contributed by atoms with E-state index in [2.05, 4.69) is 10.3 Å². The lowest BCUT2D eigenvalue weighted by Gasteiger charge is -2.06. The first-order chi connectivity index (χ1) is 7.45. The molecule has 0 atom stereocenters. The van der Waals surface area contributed by atoms with E-state index in [1.807, 2.05) is 13.8 Å². The number of carbonyl (C=O) groups is 1. The van der Waals surface area contributed by atoms with Gasteiger partial charge in [-0.2, -0.15) is 13.2 Å². The van der Waals surface area contributed by atoms with Gasteiger partial charge in [0.2, 0.25) is 0 Å². The quantitative estimate of drug-likeness (QED) is 0.811. The molecular weight excluding hydrogens is 221 g/mol. The van der Waals surface area contributed by atoms with Crippen LogP contribution in [0.15, 0.2) is 18.3 Å². The molecule has 0 saturated carbocycles. The minimum absolute atomic E-state index is 0.0603. The van der Waals surface area contributed by atoms with Crippen LogP contribution in [0.3, 0.4) is 0 Å². The van der Waals surface area contributed by atoms with Gasteiger partial charge in [-0.25, -0.2) is 0 Å². The van der Waals surface area contributed by atoms with Crippen molar-refractivity contribution >= 4 is 5.91 Å². The molecule has 0 aliphatic rings. The fourth-order valence-corrected chi connectivity index (χ4v) is 0.871. The van der Waals surface area contributed by atoms with Gasteiger partial charge in [-0.3, -0.25) is 9.78 Å². The Morgan fingerprint density at radius 3 is 2.38 bits per heavy atom.